The molecular formula is C22H24N3O4+. The minimum Gasteiger partial charge on any atom is -0.465 e. The van der Waals surface area contributed by atoms with E-state index in [2.05, 4.69) is 21.6 Å². The maximum Gasteiger partial charge on any atom is 0.337 e. The Kier molecular flexibility index (Phi) is 5.77. The highest BCUT2D eigenvalue weighted by molar-refractivity contribution is 5.95. The minimum atomic E-state index is -0.514. The zero-order valence-electron chi connectivity index (χ0n) is 16.7. The molecule has 0 aromatic carbocycles. The number of rotatable bonds is 6. The van der Waals surface area contributed by atoms with Gasteiger partial charge >= 0.3 is 5.97 Å². The summed E-state index contributed by atoms with van der Waals surface area (Å²) in [7, 11) is 1.30. The number of allylic oxidation sites excluding steroid dienone is 3. The van der Waals surface area contributed by atoms with Gasteiger partial charge in [0.1, 0.15) is 5.82 Å². The molecule has 0 spiro atoms. The van der Waals surface area contributed by atoms with Crippen molar-refractivity contribution < 1.29 is 24.3 Å². The van der Waals surface area contributed by atoms with E-state index in [0.717, 1.165) is 39.5 Å². The summed E-state index contributed by atoms with van der Waals surface area (Å²) in [5, 5.41) is 14.9. The number of hydrogen-bond donors (Lipinski definition) is 2. The molecule has 7 heteroatoms. The third-order valence-corrected chi connectivity index (χ3v) is 4.80. The van der Waals surface area contributed by atoms with Gasteiger partial charge in [-0.1, -0.05) is 12.7 Å². The Balaban J connectivity index is 1.93. The predicted molar refractivity (Wildman–Crippen MR) is 109 cm³/mol. The molecule has 0 unspecified atom stereocenters. The van der Waals surface area contributed by atoms with Gasteiger partial charge in [-0.15, -0.1) is 0 Å². The second-order valence-corrected chi connectivity index (χ2v) is 7.01. The third kappa shape index (κ3) is 4.51. The topological polar surface area (TPSA) is 92.4 Å². The van der Waals surface area contributed by atoms with Crippen LogP contribution in [0.25, 0.3) is 16.3 Å². The second-order valence-electron chi connectivity index (χ2n) is 7.01. The standard InChI is InChI=1S/C22H23N3O4/c1-5-18(13(2)8-14(3)22(27)29-4)19-9-16-11-23-20(10-17(16)12-25(19)28)24-21(26)15-6-7-15/h5,8-12,15H,3,6-7H2,1-2,4H3,(H-,23,24,26,28)/p+1/b13-8-,18-5+. The van der Waals surface area contributed by atoms with E-state index >= 15 is 0 Å². The quantitative estimate of drug-likeness (QED) is 0.258. The first-order valence-corrected chi connectivity index (χ1v) is 9.32. The van der Waals surface area contributed by atoms with E-state index in [1.807, 2.05) is 19.9 Å². The van der Waals surface area contributed by atoms with Crippen LogP contribution in [0.4, 0.5) is 5.82 Å². The van der Waals surface area contributed by atoms with Gasteiger partial charge in [0.2, 0.25) is 12.1 Å². The van der Waals surface area contributed by atoms with Crippen LogP contribution in [0.5, 0.6) is 0 Å². The molecule has 1 aliphatic rings. The molecular weight excluding hydrogens is 370 g/mol. The van der Waals surface area contributed by atoms with Gasteiger partial charge in [-0.25, -0.2) is 9.78 Å². The maximum atomic E-state index is 11.9. The fraction of sp³-hybridized carbons (Fsp3) is 0.273. The van der Waals surface area contributed by atoms with Gasteiger partial charge in [-0.3, -0.25) is 10.0 Å². The van der Waals surface area contributed by atoms with Crippen molar-refractivity contribution in [1.82, 2.24) is 4.98 Å². The Morgan fingerprint density at radius 2 is 2.07 bits per heavy atom. The van der Waals surface area contributed by atoms with Crippen molar-refractivity contribution in [2.75, 3.05) is 12.4 Å². The van der Waals surface area contributed by atoms with Gasteiger partial charge in [0, 0.05) is 33.9 Å². The van der Waals surface area contributed by atoms with Gasteiger partial charge in [-0.2, -0.15) is 0 Å². The van der Waals surface area contributed by atoms with E-state index in [0.29, 0.717) is 11.5 Å². The molecule has 29 heavy (non-hydrogen) atoms. The van der Waals surface area contributed by atoms with Crippen LogP contribution in [-0.2, 0) is 14.3 Å². The Morgan fingerprint density at radius 3 is 2.69 bits per heavy atom. The van der Waals surface area contributed by atoms with E-state index in [1.165, 1.54) is 7.11 Å². The molecule has 0 aliphatic heterocycles. The molecule has 0 atom stereocenters. The molecule has 0 saturated heterocycles. The van der Waals surface area contributed by atoms with Crippen molar-refractivity contribution >= 4 is 34.0 Å². The van der Waals surface area contributed by atoms with Crippen LogP contribution in [0.3, 0.4) is 0 Å². The molecule has 1 saturated carbocycles. The molecule has 1 fully saturated rings. The summed E-state index contributed by atoms with van der Waals surface area (Å²) in [6.45, 7) is 7.37. The molecule has 7 nitrogen and oxygen atoms in total. The summed E-state index contributed by atoms with van der Waals surface area (Å²) in [6.07, 6.45) is 8.50. The smallest absolute Gasteiger partial charge is 0.337 e. The van der Waals surface area contributed by atoms with E-state index < -0.39 is 5.97 Å². The van der Waals surface area contributed by atoms with Crippen LogP contribution >= 0.6 is 0 Å². The van der Waals surface area contributed by atoms with Crippen LogP contribution < -0.4 is 10.0 Å². The summed E-state index contributed by atoms with van der Waals surface area (Å²) in [4.78, 5) is 27.9. The average molecular weight is 394 g/mol. The van der Waals surface area contributed by atoms with Crippen molar-refractivity contribution in [3.63, 3.8) is 0 Å². The third-order valence-electron chi connectivity index (χ3n) is 4.80. The first-order chi connectivity index (χ1) is 13.8. The lowest BCUT2D eigenvalue weighted by atomic mass is 10.00. The zero-order chi connectivity index (χ0) is 21.1. The number of esters is 1. The fourth-order valence-corrected chi connectivity index (χ4v) is 3.08. The molecule has 1 aliphatic carbocycles. The Bertz CT molecular complexity index is 1070. The van der Waals surface area contributed by atoms with Crippen molar-refractivity contribution in [2.45, 2.75) is 26.7 Å². The van der Waals surface area contributed by atoms with Gasteiger partial charge in [-0.05, 0) is 44.4 Å². The number of carbonyl (C=O) groups excluding carboxylic acids is 2. The fourth-order valence-electron chi connectivity index (χ4n) is 3.08. The van der Waals surface area contributed by atoms with Crippen LogP contribution in [0.1, 0.15) is 32.4 Å². The Hall–Kier alpha value is -3.48. The van der Waals surface area contributed by atoms with E-state index in [4.69, 9.17) is 0 Å². The molecule has 2 N–H and O–H groups in total. The molecule has 3 rings (SSSR count). The first kappa shape index (κ1) is 20.3. The summed E-state index contributed by atoms with van der Waals surface area (Å²) in [5.74, 6) is 0.0107. The van der Waals surface area contributed by atoms with Crippen molar-refractivity contribution in [2.24, 2.45) is 5.92 Å². The number of hydrogen-bond acceptors (Lipinski definition) is 5. The molecule has 2 heterocycles. The molecule has 2 aromatic heterocycles. The normalized spacial score (nSPS) is 14.6. The number of pyridine rings is 2. The zero-order valence-corrected chi connectivity index (χ0v) is 16.7. The highest BCUT2D eigenvalue weighted by atomic mass is 16.5. The lowest BCUT2D eigenvalue weighted by molar-refractivity contribution is -0.905. The summed E-state index contributed by atoms with van der Waals surface area (Å²) < 4.78 is 5.69. The number of amides is 1. The van der Waals surface area contributed by atoms with E-state index in [9.17, 15) is 14.8 Å². The van der Waals surface area contributed by atoms with Gasteiger partial charge in [0.05, 0.1) is 18.1 Å². The minimum absolute atomic E-state index is 0.0202. The van der Waals surface area contributed by atoms with Crippen molar-refractivity contribution in [3.05, 3.63) is 60.1 Å². The number of carbonyl (C=O) groups is 2. The van der Waals surface area contributed by atoms with Gasteiger partial charge in [0.25, 0.3) is 5.69 Å². The summed E-state index contributed by atoms with van der Waals surface area (Å²) in [5.41, 5.74) is 2.22. The molecule has 1 amide bonds. The molecule has 0 bridgehead atoms. The molecule has 2 aromatic rings. The highest BCUT2D eigenvalue weighted by Gasteiger charge is 2.30. The van der Waals surface area contributed by atoms with Crippen LogP contribution in [0, 0.1) is 5.92 Å². The Morgan fingerprint density at radius 1 is 1.34 bits per heavy atom. The second kappa shape index (κ2) is 8.26. The number of methoxy groups -OCH3 is 1. The lowest BCUT2D eigenvalue weighted by Gasteiger charge is -2.08. The van der Waals surface area contributed by atoms with Crippen LogP contribution in [0.2, 0.25) is 0 Å². The Labute approximate surface area is 169 Å². The number of fused-ring (bicyclic) bond motifs is 1. The van der Waals surface area contributed by atoms with E-state index in [-0.39, 0.29) is 17.4 Å². The monoisotopic (exact) mass is 394 g/mol. The summed E-state index contributed by atoms with van der Waals surface area (Å²) in [6, 6.07) is 3.52. The van der Waals surface area contributed by atoms with Crippen molar-refractivity contribution in [1.29, 1.82) is 0 Å². The van der Waals surface area contributed by atoms with Crippen LogP contribution in [0.15, 0.2) is 54.4 Å². The van der Waals surface area contributed by atoms with E-state index in [1.54, 1.807) is 30.6 Å². The lowest BCUT2D eigenvalue weighted by Crippen LogP contribution is -2.34. The largest absolute Gasteiger partial charge is 0.465 e. The predicted octanol–water partition coefficient (Wildman–Crippen LogP) is 3.19. The van der Waals surface area contributed by atoms with Gasteiger partial charge in [0.15, 0.2) is 0 Å². The van der Waals surface area contributed by atoms with Gasteiger partial charge < -0.3 is 10.1 Å². The van der Waals surface area contributed by atoms with Crippen molar-refractivity contribution in [3.8, 4) is 0 Å². The molecule has 150 valence electrons. The summed E-state index contributed by atoms with van der Waals surface area (Å²) >= 11 is 0. The first-order valence-electron chi connectivity index (χ1n) is 9.32. The number of nitrogens with one attached hydrogen (secondary N) is 1. The molecule has 0 radical (unpaired) electrons. The SMILES string of the molecule is C=C(/C=C(C)\C(=C/C)c1cc2cnc(NC(=O)C3CC3)cc2c[n+]1O)C(=O)OC. The maximum absolute atomic E-state index is 11.9. The number of aromatic nitrogens is 2. The number of nitrogens with zero attached hydrogens (tertiary/aromatic N) is 2. The highest BCUT2D eigenvalue weighted by Crippen LogP contribution is 2.30. The van der Waals surface area contributed by atoms with Crippen LogP contribution in [-0.4, -0.2) is 29.2 Å². The average Bonchev–Trinajstić information content (AvgIpc) is 3.53. The number of anilines is 1. The number of ether oxygens (including phenoxy) is 1.